The Bertz CT molecular complexity index is 501. The minimum absolute atomic E-state index is 0.160. The molecule has 0 radical (unpaired) electrons. The number of unbranched alkanes of at least 4 members (excludes halogenated alkanes) is 1. The average molecular weight is 356 g/mol. The molecule has 0 aromatic carbocycles. The first-order valence-corrected chi connectivity index (χ1v) is 8.74. The Morgan fingerprint density at radius 3 is 2.36 bits per heavy atom. The first-order chi connectivity index (χ1) is 11.6. The van der Waals surface area contributed by atoms with Gasteiger partial charge in [-0.15, -0.1) is 0 Å². The van der Waals surface area contributed by atoms with E-state index in [9.17, 15) is 14.4 Å². The van der Waals surface area contributed by atoms with E-state index in [0.717, 1.165) is 12.8 Å². The van der Waals surface area contributed by atoms with E-state index in [0.29, 0.717) is 6.54 Å². The Kier molecular flexibility index (Phi) is 7.22. The van der Waals surface area contributed by atoms with Gasteiger partial charge in [0.2, 0.25) is 5.54 Å². The quantitative estimate of drug-likeness (QED) is 0.557. The molecule has 0 aromatic rings. The number of nitrogens with zero attached hydrogens (tertiary/aromatic N) is 2. The minimum Gasteiger partial charge on any atom is -0.376 e. The number of carbonyl (C=O) groups excluding carboxylic acids is 3. The smallest absolute Gasteiger partial charge is 0.320 e. The molecule has 4 amide bonds. The van der Waals surface area contributed by atoms with Crippen LogP contribution < -0.4 is 10.6 Å². The summed E-state index contributed by atoms with van der Waals surface area (Å²) in [7, 11) is 3.19. The summed E-state index contributed by atoms with van der Waals surface area (Å²) in [4.78, 5) is 41.4. The molecule has 0 saturated carbocycles. The largest absolute Gasteiger partial charge is 0.376 e. The van der Waals surface area contributed by atoms with Crippen LogP contribution in [0.5, 0.6) is 0 Å². The third-order valence-electron chi connectivity index (χ3n) is 3.90. The Labute approximate surface area is 150 Å². The first kappa shape index (κ1) is 21.2. The molecule has 1 aliphatic heterocycles. The molecule has 0 aliphatic carbocycles. The first-order valence-electron chi connectivity index (χ1n) is 8.74. The van der Waals surface area contributed by atoms with Gasteiger partial charge in [-0.2, -0.15) is 0 Å². The van der Waals surface area contributed by atoms with Crippen LogP contribution in [0.1, 0.15) is 40.5 Å². The van der Waals surface area contributed by atoms with Crippen LogP contribution >= 0.6 is 0 Å². The van der Waals surface area contributed by atoms with Gasteiger partial charge in [0.05, 0.1) is 13.2 Å². The second kappa shape index (κ2) is 8.51. The minimum atomic E-state index is -1.71. The lowest BCUT2D eigenvalue weighted by Gasteiger charge is -2.45. The Morgan fingerprint density at radius 2 is 1.84 bits per heavy atom. The predicted molar refractivity (Wildman–Crippen MR) is 95.2 cm³/mol. The van der Waals surface area contributed by atoms with Crippen molar-refractivity contribution in [3.8, 4) is 0 Å². The molecule has 0 aromatic heterocycles. The maximum absolute atomic E-state index is 13.1. The third kappa shape index (κ3) is 5.07. The number of hydrogen-bond acceptors (Lipinski definition) is 4. The van der Waals surface area contributed by atoms with Gasteiger partial charge in [-0.1, -0.05) is 13.3 Å². The number of urea groups is 1. The zero-order valence-corrected chi connectivity index (χ0v) is 16.3. The molecule has 1 atom stereocenters. The van der Waals surface area contributed by atoms with Crippen LogP contribution in [-0.2, 0) is 14.3 Å². The van der Waals surface area contributed by atoms with Crippen molar-refractivity contribution in [3.05, 3.63) is 0 Å². The lowest BCUT2D eigenvalue weighted by molar-refractivity contribution is -0.156. The van der Waals surface area contributed by atoms with E-state index in [4.69, 9.17) is 4.74 Å². The summed E-state index contributed by atoms with van der Waals surface area (Å²) in [6.45, 7) is 8.25. The van der Waals surface area contributed by atoms with Gasteiger partial charge in [-0.25, -0.2) is 4.79 Å². The SMILES string of the molecule is CCCCNC(=O)C1(C(=O)NC(C)(C)C)COCCN1C(=O)N(C)C. The topological polar surface area (TPSA) is 91.0 Å². The van der Waals surface area contributed by atoms with Crippen molar-refractivity contribution < 1.29 is 19.1 Å². The maximum atomic E-state index is 13.1. The molecule has 144 valence electrons. The fourth-order valence-corrected chi connectivity index (χ4v) is 2.59. The molecule has 1 aliphatic rings. The standard InChI is InChI=1S/C17H32N4O4/c1-7-8-9-18-13(22)17(14(23)19-16(2,3)4)12-25-11-10-21(17)15(24)20(5)6/h7-12H2,1-6H3,(H,18,22)(H,19,23). The van der Waals surface area contributed by atoms with Gasteiger partial charge in [-0.05, 0) is 27.2 Å². The molecular formula is C17H32N4O4. The van der Waals surface area contributed by atoms with Gasteiger partial charge in [0.1, 0.15) is 0 Å². The van der Waals surface area contributed by atoms with Crippen LogP contribution in [0.3, 0.4) is 0 Å². The van der Waals surface area contributed by atoms with E-state index in [-0.39, 0.29) is 19.8 Å². The molecule has 0 spiro atoms. The lowest BCUT2D eigenvalue weighted by atomic mass is 9.92. The number of ether oxygens (including phenoxy) is 1. The molecule has 1 heterocycles. The van der Waals surface area contributed by atoms with Crippen LogP contribution in [0.2, 0.25) is 0 Å². The van der Waals surface area contributed by atoms with Gasteiger partial charge in [0.15, 0.2) is 0 Å². The molecule has 1 rings (SSSR count). The lowest BCUT2D eigenvalue weighted by Crippen LogP contribution is -2.74. The number of amides is 4. The van der Waals surface area contributed by atoms with E-state index in [1.54, 1.807) is 14.1 Å². The number of nitrogens with one attached hydrogen (secondary N) is 2. The zero-order chi connectivity index (χ0) is 19.3. The number of rotatable bonds is 5. The molecule has 25 heavy (non-hydrogen) atoms. The van der Waals surface area contributed by atoms with Crippen molar-refractivity contribution in [2.75, 3.05) is 40.4 Å². The summed E-state index contributed by atoms with van der Waals surface area (Å²) >= 11 is 0. The molecule has 8 heteroatoms. The van der Waals surface area contributed by atoms with Gasteiger partial charge >= 0.3 is 6.03 Å². The predicted octanol–water partition coefficient (Wildman–Crippen LogP) is 0.570. The Morgan fingerprint density at radius 1 is 1.20 bits per heavy atom. The van der Waals surface area contributed by atoms with Crippen LogP contribution in [0.4, 0.5) is 4.79 Å². The van der Waals surface area contributed by atoms with Gasteiger partial charge < -0.3 is 20.3 Å². The van der Waals surface area contributed by atoms with E-state index in [1.165, 1.54) is 9.80 Å². The molecule has 2 N–H and O–H groups in total. The Hall–Kier alpha value is -1.83. The van der Waals surface area contributed by atoms with Crippen LogP contribution in [-0.4, -0.2) is 79.1 Å². The molecule has 1 fully saturated rings. The van der Waals surface area contributed by atoms with Gasteiger partial charge in [0.25, 0.3) is 11.8 Å². The highest BCUT2D eigenvalue weighted by molar-refractivity contribution is 6.12. The highest BCUT2D eigenvalue weighted by atomic mass is 16.5. The average Bonchev–Trinajstić information content (AvgIpc) is 2.52. The highest BCUT2D eigenvalue weighted by Gasteiger charge is 2.55. The summed E-state index contributed by atoms with van der Waals surface area (Å²) in [6.07, 6.45) is 1.71. The van der Waals surface area contributed by atoms with Crippen molar-refractivity contribution in [2.24, 2.45) is 0 Å². The zero-order valence-electron chi connectivity index (χ0n) is 16.3. The monoisotopic (exact) mass is 356 g/mol. The van der Waals surface area contributed by atoms with Gasteiger partial charge in [0, 0.05) is 32.7 Å². The van der Waals surface area contributed by atoms with Crippen molar-refractivity contribution in [1.29, 1.82) is 0 Å². The third-order valence-corrected chi connectivity index (χ3v) is 3.90. The second-order valence-electron chi connectivity index (χ2n) is 7.56. The van der Waals surface area contributed by atoms with E-state index < -0.39 is 28.9 Å². The summed E-state index contributed by atoms with van der Waals surface area (Å²) in [5.41, 5.74) is -2.25. The second-order valence-corrected chi connectivity index (χ2v) is 7.56. The van der Waals surface area contributed by atoms with E-state index in [1.807, 2.05) is 27.7 Å². The van der Waals surface area contributed by atoms with Crippen LogP contribution in [0.25, 0.3) is 0 Å². The normalized spacial score (nSPS) is 20.8. The molecular weight excluding hydrogens is 324 g/mol. The van der Waals surface area contributed by atoms with Crippen LogP contribution in [0, 0.1) is 0 Å². The molecule has 8 nitrogen and oxygen atoms in total. The van der Waals surface area contributed by atoms with Gasteiger partial charge in [-0.3, -0.25) is 14.5 Å². The highest BCUT2D eigenvalue weighted by Crippen LogP contribution is 2.24. The van der Waals surface area contributed by atoms with E-state index in [2.05, 4.69) is 10.6 Å². The number of morpholine rings is 1. The molecule has 0 bridgehead atoms. The molecule has 1 unspecified atom stereocenters. The summed E-state index contributed by atoms with van der Waals surface area (Å²) in [5, 5.41) is 5.63. The van der Waals surface area contributed by atoms with Crippen molar-refractivity contribution in [2.45, 2.75) is 51.6 Å². The van der Waals surface area contributed by atoms with Crippen LogP contribution in [0.15, 0.2) is 0 Å². The summed E-state index contributed by atoms with van der Waals surface area (Å²) < 4.78 is 5.47. The number of carbonyl (C=O) groups is 3. The van der Waals surface area contributed by atoms with Crippen molar-refractivity contribution >= 4 is 17.8 Å². The maximum Gasteiger partial charge on any atom is 0.320 e. The summed E-state index contributed by atoms with van der Waals surface area (Å²) in [6, 6.07) is -0.391. The summed E-state index contributed by atoms with van der Waals surface area (Å²) in [5.74, 6) is -1.03. The van der Waals surface area contributed by atoms with Crippen molar-refractivity contribution in [1.82, 2.24) is 20.4 Å². The van der Waals surface area contributed by atoms with Crippen molar-refractivity contribution in [3.63, 3.8) is 0 Å². The fourth-order valence-electron chi connectivity index (χ4n) is 2.59. The Balaban J connectivity index is 3.25. The van der Waals surface area contributed by atoms with E-state index >= 15 is 0 Å². The molecule has 1 saturated heterocycles. The fraction of sp³-hybridized carbons (Fsp3) is 0.824. The number of hydrogen-bond donors (Lipinski definition) is 2.